The van der Waals surface area contributed by atoms with Gasteiger partial charge in [0.05, 0.1) is 5.41 Å². The predicted molar refractivity (Wildman–Crippen MR) is 312 cm³/mol. The summed E-state index contributed by atoms with van der Waals surface area (Å²) < 4.78 is 0. The van der Waals surface area contributed by atoms with Crippen molar-refractivity contribution in [1.29, 1.82) is 0 Å². The van der Waals surface area contributed by atoms with Crippen LogP contribution in [0.4, 0.5) is 0 Å². The molecule has 12 aromatic carbocycles. The number of phenols is 2. The Morgan fingerprint density at radius 3 is 1.07 bits per heavy atom. The van der Waals surface area contributed by atoms with Crippen LogP contribution in [0.15, 0.2) is 267 Å². The van der Waals surface area contributed by atoms with Crippen LogP contribution in [-0.2, 0) is 5.41 Å². The van der Waals surface area contributed by atoms with E-state index in [0.717, 1.165) is 66.8 Å². The quantitative estimate of drug-likeness (QED) is 0.143. The van der Waals surface area contributed by atoms with Crippen molar-refractivity contribution in [2.24, 2.45) is 0 Å². The van der Waals surface area contributed by atoms with E-state index >= 15 is 0 Å². The van der Waals surface area contributed by atoms with E-state index in [-0.39, 0.29) is 23.3 Å². The van der Waals surface area contributed by atoms with Crippen LogP contribution in [0.3, 0.4) is 0 Å². The standard InChI is InChI=1S/C73H54O2/c1-47(49-15-5-3-6-16-49)65-43-61(33-37-71(65)74)55-23-13-25-63(41-55)73(64-26-14-24-56(42-64)62-34-38-72(75)66(44-62)48(2)50-17-7-4-8-18-50)69-35-31-59(57-29-27-51-19-9-11-21-53(51)39-57)45-67(69)68-46-60(32-36-70(68)73)58-30-28-52-20-10-12-22-54(52)40-58/h3-48,74-75H,1-2H3. The van der Waals surface area contributed by atoms with Gasteiger partial charge in [0.2, 0.25) is 0 Å². The summed E-state index contributed by atoms with van der Waals surface area (Å²) in [5, 5.41) is 27.6. The van der Waals surface area contributed by atoms with Gasteiger partial charge >= 0.3 is 0 Å². The molecule has 13 rings (SSSR count). The van der Waals surface area contributed by atoms with Crippen LogP contribution in [0.2, 0.25) is 0 Å². The number of aromatic hydroxyl groups is 2. The lowest BCUT2D eigenvalue weighted by Gasteiger charge is -2.35. The monoisotopic (exact) mass is 962 g/mol. The molecule has 0 amide bonds. The van der Waals surface area contributed by atoms with Crippen LogP contribution in [0.25, 0.3) is 77.2 Å². The van der Waals surface area contributed by atoms with Crippen LogP contribution < -0.4 is 0 Å². The Balaban J connectivity index is 1.05. The second kappa shape index (κ2) is 18.7. The van der Waals surface area contributed by atoms with Gasteiger partial charge in [0, 0.05) is 23.0 Å². The molecular formula is C73H54O2. The number of fused-ring (bicyclic) bond motifs is 5. The molecule has 2 nitrogen and oxygen atoms in total. The second-order valence-electron chi connectivity index (χ2n) is 20.4. The number of hydrogen-bond acceptors (Lipinski definition) is 2. The molecule has 2 N–H and O–H groups in total. The minimum atomic E-state index is -0.769. The van der Waals surface area contributed by atoms with Crippen molar-refractivity contribution in [2.45, 2.75) is 31.1 Å². The van der Waals surface area contributed by atoms with Crippen LogP contribution in [0.1, 0.15) is 70.2 Å². The van der Waals surface area contributed by atoms with Crippen molar-refractivity contribution in [3.05, 3.63) is 311 Å². The van der Waals surface area contributed by atoms with E-state index in [1.165, 1.54) is 54.9 Å². The third kappa shape index (κ3) is 7.98. The van der Waals surface area contributed by atoms with Crippen molar-refractivity contribution in [1.82, 2.24) is 0 Å². The second-order valence-corrected chi connectivity index (χ2v) is 20.4. The first-order valence-electron chi connectivity index (χ1n) is 26.1. The Labute approximate surface area is 439 Å². The van der Waals surface area contributed by atoms with Gasteiger partial charge in [-0.2, -0.15) is 0 Å². The highest BCUT2D eigenvalue weighted by Crippen LogP contribution is 2.58. The van der Waals surface area contributed by atoms with Crippen molar-refractivity contribution in [3.63, 3.8) is 0 Å². The van der Waals surface area contributed by atoms with Gasteiger partial charge in [0.25, 0.3) is 0 Å². The highest BCUT2D eigenvalue weighted by atomic mass is 16.3. The zero-order valence-electron chi connectivity index (χ0n) is 42.0. The summed E-state index contributed by atoms with van der Waals surface area (Å²) in [4.78, 5) is 0. The third-order valence-electron chi connectivity index (χ3n) is 16.1. The van der Waals surface area contributed by atoms with Crippen LogP contribution in [0, 0.1) is 0 Å². The molecule has 0 aliphatic heterocycles. The minimum Gasteiger partial charge on any atom is -0.508 e. The molecule has 0 radical (unpaired) electrons. The lowest BCUT2D eigenvalue weighted by Crippen LogP contribution is -2.28. The molecule has 2 atom stereocenters. The SMILES string of the molecule is CC(c1ccccc1)c1cc(-c2cccc(C3(c4cccc(-c5ccc(O)c(C(C)c6ccccc6)c5)c4)c4ccc(-c5ccc6ccccc6c5)cc4-c4cc(-c5ccc6ccccc6c5)ccc43)c2)ccc1O. The normalized spacial score (nSPS) is 13.3. The number of hydrogen-bond donors (Lipinski definition) is 2. The van der Waals surface area contributed by atoms with E-state index in [2.05, 4.69) is 244 Å². The van der Waals surface area contributed by atoms with Crippen LogP contribution in [-0.4, -0.2) is 10.2 Å². The zero-order chi connectivity index (χ0) is 50.6. The predicted octanol–water partition coefficient (Wildman–Crippen LogP) is 18.7. The molecule has 2 unspecified atom stereocenters. The molecule has 1 aliphatic carbocycles. The molecule has 2 heteroatoms. The van der Waals surface area contributed by atoms with Gasteiger partial charge < -0.3 is 10.2 Å². The van der Waals surface area contributed by atoms with Crippen molar-refractivity contribution >= 4 is 21.5 Å². The first-order chi connectivity index (χ1) is 36.8. The van der Waals surface area contributed by atoms with Crippen molar-refractivity contribution < 1.29 is 10.2 Å². The topological polar surface area (TPSA) is 40.5 Å². The summed E-state index contributed by atoms with van der Waals surface area (Å²) in [5.74, 6) is 0.555. The van der Waals surface area contributed by atoms with E-state index in [1.54, 1.807) is 0 Å². The molecule has 0 heterocycles. The van der Waals surface area contributed by atoms with E-state index in [0.29, 0.717) is 0 Å². The minimum absolute atomic E-state index is 0.0123. The van der Waals surface area contributed by atoms with Crippen molar-refractivity contribution in [2.75, 3.05) is 0 Å². The molecule has 0 spiro atoms. The van der Waals surface area contributed by atoms with E-state index in [9.17, 15) is 10.2 Å². The van der Waals surface area contributed by atoms with Gasteiger partial charge in [-0.25, -0.2) is 0 Å². The van der Waals surface area contributed by atoms with Crippen molar-refractivity contribution in [3.8, 4) is 67.1 Å². The summed E-state index contributed by atoms with van der Waals surface area (Å²) in [5.41, 5.74) is 19.3. The van der Waals surface area contributed by atoms with Crippen LogP contribution in [0.5, 0.6) is 11.5 Å². The Morgan fingerprint density at radius 1 is 0.280 bits per heavy atom. The third-order valence-corrected chi connectivity index (χ3v) is 16.1. The maximum atomic E-state index is 11.4. The summed E-state index contributed by atoms with van der Waals surface area (Å²) >= 11 is 0. The average Bonchev–Trinajstić information content (AvgIpc) is 3.77. The van der Waals surface area contributed by atoms with E-state index in [1.807, 2.05) is 36.4 Å². The molecule has 12 aromatic rings. The van der Waals surface area contributed by atoms with Gasteiger partial charge in [0.15, 0.2) is 0 Å². The maximum absolute atomic E-state index is 11.4. The molecular weight excluding hydrogens is 909 g/mol. The maximum Gasteiger partial charge on any atom is 0.119 e. The largest absolute Gasteiger partial charge is 0.508 e. The fraction of sp³-hybridized carbons (Fsp3) is 0.0685. The Kier molecular flexibility index (Phi) is 11.4. The van der Waals surface area contributed by atoms with E-state index in [4.69, 9.17) is 0 Å². The Morgan fingerprint density at radius 2 is 0.627 bits per heavy atom. The fourth-order valence-electron chi connectivity index (χ4n) is 12.1. The first kappa shape index (κ1) is 45.6. The molecule has 0 saturated heterocycles. The molecule has 0 fully saturated rings. The zero-order valence-corrected chi connectivity index (χ0v) is 42.0. The summed E-state index contributed by atoms with van der Waals surface area (Å²) in [7, 11) is 0. The summed E-state index contributed by atoms with van der Waals surface area (Å²) in [6, 6.07) is 96.1. The Hall–Kier alpha value is -9.24. The highest BCUT2D eigenvalue weighted by Gasteiger charge is 2.47. The molecule has 0 aromatic heterocycles. The van der Waals surface area contributed by atoms with Gasteiger partial charge in [-0.05, 0) is 171 Å². The molecule has 0 saturated carbocycles. The van der Waals surface area contributed by atoms with Gasteiger partial charge in [-0.3, -0.25) is 0 Å². The van der Waals surface area contributed by atoms with E-state index < -0.39 is 5.41 Å². The molecule has 75 heavy (non-hydrogen) atoms. The van der Waals surface area contributed by atoms with Gasteiger partial charge in [-0.15, -0.1) is 0 Å². The lowest BCUT2D eigenvalue weighted by molar-refractivity contribution is 0.465. The lowest BCUT2D eigenvalue weighted by atomic mass is 9.66. The fourth-order valence-corrected chi connectivity index (χ4v) is 12.1. The van der Waals surface area contributed by atoms with Crippen LogP contribution >= 0.6 is 0 Å². The molecule has 1 aliphatic rings. The average molecular weight is 963 g/mol. The molecule has 358 valence electrons. The number of phenolic OH excluding ortho intramolecular Hbond substituents is 2. The number of rotatable bonds is 10. The smallest absolute Gasteiger partial charge is 0.119 e. The summed E-state index contributed by atoms with van der Waals surface area (Å²) in [6.07, 6.45) is 0. The molecule has 0 bridgehead atoms. The first-order valence-corrected chi connectivity index (χ1v) is 26.1. The highest BCUT2D eigenvalue weighted by molar-refractivity contribution is 5.95. The Bertz CT molecular complexity index is 3860. The van der Waals surface area contributed by atoms with Gasteiger partial charge in [-0.1, -0.05) is 220 Å². The summed E-state index contributed by atoms with van der Waals surface area (Å²) in [6.45, 7) is 4.33. The number of benzene rings is 12. The van der Waals surface area contributed by atoms with Gasteiger partial charge in [0.1, 0.15) is 11.5 Å².